The number of halogens is 3. The number of carbonyl (C=O) groups is 2. The molecule has 1 amide bonds. The van der Waals surface area contributed by atoms with Crippen LogP contribution in [0.2, 0.25) is 0 Å². The fourth-order valence-electron chi connectivity index (χ4n) is 1.74. The van der Waals surface area contributed by atoms with Gasteiger partial charge in [0, 0.05) is 13.1 Å². The molecule has 1 aromatic carbocycles. The number of rotatable bonds is 6. The van der Waals surface area contributed by atoms with Gasteiger partial charge in [-0.15, -0.1) is 12.4 Å². The van der Waals surface area contributed by atoms with Gasteiger partial charge in [-0.25, -0.2) is 8.78 Å². The van der Waals surface area contributed by atoms with E-state index in [0.29, 0.717) is 5.56 Å². The van der Waals surface area contributed by atoms with Crippen molar-refractivity contribution in [2.75, 3.05) is 13.7 Å². The summed E-state index contributed by atoms with van der Waals surface area (Å²) in [6.45, 7) is 1.64. The van der Waals surface area contributed by atoms with Gasteiger partial charge in [0.25, 0.3) is 0 Å². The highest BCUT2D eigenvalue weighted by atomic mass is 35.5. The lowest BCUT2D eigenvalue weighted by Gasteiger charge is -2.24. The van der Waals surface area contributed by atoms with Gasteiger partial charge >= 0.3 is 5.97 Å². The molecule has 124 valence electrons. The van der Waals surface area contributed by atoms with Crippen molar-refractivity contribution in [3.8, 4) is 0 Å². The van der Waals surface area contributed by atoms with E-state index in [0.717, 1.165) is 12.1 Å². The molecule has 8 heteroatoms. The van der Waals surface area contributed by atoms with Crippen molar-refractivity contribution < 1.29 is 23.1 Å². The Morgan fingerprint density at radius 1 is 1.32 bits per heavy atom. The summed E-state index contributed by atoms with van der Waals surface area (Å²) in [7, 11) is 1.25. The van der Waals surface area contributed by atoms with Crippen molar-refractivity contribution >= 4 is 24.3 Å². The predicted molar refractivity (Wildman–Crippen MR) is 79.3 cm³/mol. The summed E-state index contributed by atoms with van der Waals surface area (Å²) in [5, 5.41) is 0. The maximum Gasteiger partial charge on any atom is 0.307 e. The van der Waals surface area contributed by atoms with Crippen LogP contribution < -0.4 is 5.73 Å². The van der Waals surface area contributed by atoms with Crippen LogP contribution in [0.3, 0.4) is 0 Å². The maximum atomic E-state index is 13.2. The smallest absolute Gasteiger partial charge is 0.307 e. The van der Waals surface area contributed by atoms with E-state index < -0.39 is 23.6 Å². The van der Waals surface area contributed by atoms with Gasteiger partial charge in [-0.2, -0.15) is 0 Å². The topological polar surface area (TPSA) is 72.6 Å². The molecule has 0 aliphatic rings. The van der Waals surface area contributed by atoms with E-state index in [1.807, 2.05) is 0 Å². The Balaban J connectivity index is 0.00000441. The van der Waals surface area contributed by atoms with Crippen LogP contribution in [0.15, 0.2) is 18.2 Å². The molecular formula is C14H19ClF2N2O3. The third kappa shape index (κ3) is 5.95. The molecule has 22 heavy (non-hydrogen) atoms. The van der Waals surface area contributed by atoms with Gasteiger partial charge < -0.3 is 15.4 Å². The number of nitrogens with zero attached hydrogens (tertiary/aromatic N) is 1. The fourth-order valence-corrected chi connectivity index (χ4v) is 1.74. The first-order valence-corrected chi connectivity index (χ1v) is 6.40. The Morgan fingerprint density at radius 3 is 2.45 bits per heavy atom. The van der Waals surface area contributed by atoms with Gasteiger partial charge in [-0.05, 0) is 24.6 Å². The predicted octanol–water partition coefficient (Wildman–Crippen LogP) is 1.63. The molecule has 0 bridgehead atoms. The molecule has 0 aliphatic carbocycles. The van der Waals surface area contributed by atoms with Crippen LogP contribution >= 0.6 is 12.4 Å². The lowest BCUT2D eigenvalue weighted by atomic mass is 10.1. The summed E-state index contributed by atoms with van der Waals surface area (Å²) in [6.07, 6.45) is -0.00135. The first kappa shape index (κ1) is 20.3. The zero-order chi connectivity index (χ0) is 16.0. The summed E-state index contributed by atoms with van der Waals surface area (Å²) in [6, 6.07) is 2.61. The Kier molecular flexibility index (Phi) is 8.59. The van der Waals surface area contributed by atoms with Gasteiger partial charge in [0.05, 0.1) is 19.6 Å². The number of amides is 1. The Hall–Kier alpha value is -1.73. The molecule has 0 radical (unpaired) electrons. The lowest BCUT2D eigenvalue weighted by Crippen LogP contribution is -2.42. The molecule has 2 N–H and O–H groups in total. The molecule has 1 atom stereocenters. The zero-order valence-corrected chi connectivity index (χ0v) is 13.2. The normalized spacial score (nSPS) is 11.3. The molecule has 0 heterocycles. The van der Waals surface area contributed by atoms with Crippen molar-refractivity contribution in [1.82, 2.24) is 4.90 Å². The Labute approximate surface area is 133 Å². The van der Waals surface area contributed by atoms with Crippen molar-refractivity contribution in [2.45, 2.75) is 25.9 Å². The number of hydrogen-bond donors (Lipinski definition) is 1. The van der Waals surface area contributed by atoms with E-state index in [4.69, 9.17) is 5.73 Å². The van der Waals surface area contributed by atoms with Crippen LogP contribution in [0.25, 0.3) is 0 Å². The minimum atomic E-state index is -0.992. The minimum Gasteiger partial charge on any atom is -0.469 e. The molecule has 0 aliphatic heterocycles. The number of benzene rings is 1. The van der Waals surface area contributed by atoms with E-state index in [2.05, 4.69) is 4.74 Å². The van der Waals surface area contributed by atoms with Crippen LogP contribution in [0, 0.1) is 11.6 Å². The summed E-state index contributed by atoms with van der Waals surface area (Å²) < 4.78 is 30.6. The molecule has 1 aromatic rings. The zero-order valence-electron chi connectivity index (χ0n) is 12.3. The summed E-state index contributed by atoms with van der Waals surface area (Å²) >= 11 is 0. The SMILES string of the molecule is COC(=O)CCN(Cc1ccc(F)c(F)c1)C(=O)C(C)N.Cl. The number of esters is 1. The third-order valence-corrected chi connectivity index (χ3v) is 2.87. The summed E-state index contributed by atoms with van der Waals surface area (Å²) in [5.41, 5.74) is 5.95. The number of nitrogens with two attached hydrogens (primary N) is 1. The van der Waals surface area contributed by atoms with Crippen LogP contribution in [0.4, 0.5) is 8.78 Å². The Morgan fingerprint density at radius 2 is 1.95 bits per heavy atom. The second-order valence-corrected chi connectivity index (χ2v) is 4.62. The lowest BCUT2D eigenvalue weighted by molar-refractivity contribution is -0.142. The number of hydrogen-bond acceptors (Lipinski definition) is 4. The largest absolute Gasteiger partial charge is 0.469 e. The second-order valence-electron chi connectivity index (χ2n) is 4.62. The molecule has 1 rings (SSSR count). The van der Waals surface area contributed by atoms with Gasteiger partial charge in [0.15, 0.2) is 11.6 Å². The van der Waals surface area contributed by atoms with E-state index in [-0.39, 0.29) is 37.8 Å². The molecule has 1 unspecified atom stereocenters. The van der Waals surface area contributed by atoms with Gasteiger partial charge in [0.1, 0.15) is 0 Å². The number of ether oxygens (including phenoxy) is 1. The van der Waals surface area contributed by atoms with Gasteiger partial charge in [-0.3, -0.25) is 9.59 Å². The highest BCUT2D eigenvalue weighted by Crippen LogP contribution is 2.12. The molecule has 5 nitrogen and oxygen atoms in total. The van der Waals surface area contributed by atoms with E-state index >= 15 is 0 Å². The molecule has 0 aromatic heterocycles. The Bertz CT molecular complexity index is 527. The number of carbonyl (C=O) groups excluding carboxylic acids is 2. The monoisotopic (exact) mass is 336 g/mol. The molecule has 0 spiro atoms. The third-order valence-electron chi connectivity index (χ3n) is 2.87. The minimum absolute atomic E-state index is 0. The summed E-state index contributed by atoms with van der Waals surface area (Å²) in [5.74, 6) is -2.81. The highest BCUT2D eigenvalue weighted by molar-refractivity contribution is 5.85. The van der Waals surface area contributed by atoms with E-state index in [9.17, 15) is 18.4 Å². The average molecular weight is 337 g/mol. The van der Waals surface area contributed by atoms with Crippen LogP contribution in [-0.4, -0.2) is 36.5 Å². The van der Waals surface area contributed by atoms with Gasteiger partial charge in [-0.1, -0.05) is 6.07 Å². The summed E-state index contributed by atoms with van der Waals surface area (Å²) in [4.78, 5) is 24.5. The molecular weight excluding hydrogens is 318 g/mol. The fraction of sp³-hybridized carbons (Fsp3) is 0.429. The first-order chi connectivity index (χ1) is 9.85. The maximum absolute atomic E-state index is 13.2. The van der Waals surface area contributed by atoms with Crippen LogP contribution in [0.1, 0.15) is 18.9 Å². The van der Waals surface area contributed by atoms with E-state index in [1.54, 1.807) is 0 Å². The standard InChI is InChI=1S/C14H18F2N2O3.ClH/c1-9(17)14(20)18(6-5-13(19)21-2)8-10-3-4-11(15)12(16)7-10;/h3-4,7,9H,5-6,8,17H2,1-2H3;1H. The highest BCUT2D eigenvalue weighted by Gasteiger charge is 2.19. The van der Waals surface area contributed by atoms with Crippen LogP contribution in [0.5, 0.6) is 0 Å². The first-order valence-electron chi connectivity index (χ1n) is 6.40. The molecule has 0 saturated heterocycles. The van der Waals surface area contributed by atoms with E-state index in [1.165, 1.54) is 25.0 Å². The molecule has 0 fully saturated rings. The van der Waals surface area contributed by atoms with Crippen LogP contribution in [-0.2, 0) is 20.9 Å². The quantitative estimate of drug-likeness (QED) is 0.801. The molecule has 0 saturated carbocycles. The van der Waals surface area contributed by atoms with Crippen molar-refractivity contribution in [1.29, 1.82) is 0 Å². The number of methoxy groups -OCH3 is 1. The van der Waals surface area contributed by atoms with Crippen molar-refractivity contribution in [2.24, 2.45) is 5.73 Å². The average Bonchev–Trinajstić information content (AvgIpc) is 2.45. The van der Waals surface area contributed by atoms with Gasteiger partial charge in [0.2, 0.25) is 5.91 Å². The van der Waals surface area contributed by atoms with Crippen molar-refractivity contribution in [3.05, 3.63) is 35.4 Å². The second kappa shape index (κ2) is 9.32. The van der Waals surface area contributed by atoms with Crippen molar-refractivity contribution in [3.63, 3.8) is 0 Å².